The summed E-state index contributed by atoms with van der Waals surface area (Å²) in [4.78, 5) is 38.0. The molecular weight excluding hydrogens is 781 g/mol. The van der Waals surface area contributed by atoms with E-state index in [1.54, 1.807) is 0 Å². The molecule has 6 heteroatoms. The number of carbonyl (C=O) groups excluding carboxylic acids is 3. The van der Waals surface area contributed by atoms with E-state index in [0.717, 1.165) is 116 Å². The Balaban J connectivity index is 4.51. The van der Waals surface area contributed by atoms with E-state index in [9.17, 15) is 14.4 Å². The Hall–Kier alpha value is -3.67. The molecule has 0 spiro atoms. The van der Waals surface area contributed by atoms with Gasteiger partial charge in [0.15, 0.2) is 6.10 Å². The molecule has 0 bridgehead atoms. The molecule has 0 heterocycles. The second-order valence-electron chi connectivity index (χ2n) is 16.7. The summed E-state index contributed by atoms with van der Waals surface area (Å²) < 4.78 is 16.7. The van der Waals surface area contributed by atoms with Crippen molar-refractivity contribution in [1.82, 2.24) is 0 Å². The maximum Gasteiger partial charge on any atom is 0.306 e. The monoisotopic (exact) mass is 875 g/mol. The highest BCUT2D eigenvalue weighted by Gasteiger charge is 2.19. The first-order valence-electron chi connectivity index (χ1n) is 25.7. The number of ether oxygens (including phenoxy) is 3. The molecule has 358 valence electrons. The van der Waals surface area contributed by atoms with Crippen molar-refractivity contribution in [2.75, 3.05) is 13.2 Å². The van der Waals surface area contributed by atoms with E-state index in [1.807, 2.05) is 0 Å². The van der Waals surface area contributed by atoms with Crippen LogP contribution in [0.2, 0.25) is 0 Å². The number of rotatable bonds is 45. The minimum absolute atomic E-state index is 0.107. The van der Waals surface area contributed by atoms with Gasteiger partial charge in [0.25, 0.3) is 0 Å². The molecule has 0 fully saturated rings. The molecule has 0 saturated carbocycles. The number of unbranched alkanes of at least 4 members (excludes halogenated alkanes) is 18. The fraction of sp³-hybridized carbons (Fsp3) is 0.667. The number of allylic oxidation sites excluding steroid dienone is 16. The first kappa shape index (κ1) is 59.3. The van der Waals surface area contributed by atoms with Gasteiger partial charge in [-0.15, -0.1) is 0 Å². The van der Waals surface area contributed by atoms with Gasteiger partial charge in [0.2, 0.25) is 0 Å². The summed E-state index contributed by atoms with van der Waals surface area (Å²) in [5.74, 6) is -0.984. The molecular formula is C57H94O6. The summed E-state index contributed by atoms with van der Waals surface area (Å²) in [6.45, 7) is 6.41. The maximum absolute atomic E-state index is 12.8. The van der Waals surface area contributed by atoms with Crippen molar-refractivity contribution in [3.63, 3.8) is 0 Å². The van der Waals surface area contributed by atoms with Gasteiger partial charge in [-0.05, 0) is 122 Å². The molecule has 0 aromatic rings. The fourth-order valence-corrected chi connectivity index (χ4v) is 6.67. The summed E-state index contributed by atoms with van der Waals surface area (Å²) in [6, 6.07) is 0. The fourth-order valence-electron chi connectivity index (χ4n) is 6.67. The second-order valence-corrected chi connectivity index (χ2v) is 16.7. The third kappa shape index (κ3) is 49.2. The van der Waals surface area contributed by atoms with Crippen molar-refractivity contribution in [3.05, 3.63) is 97.2 Å². The molecule has 0 saturated heterocycles. The van der Waals surface area contributed by atoms with E-state index >= 15 is 0 Å². The maximum atomic E-state index is 12.8. The normalized spacial score (nSPS) is 12.9. The van der Waals surface area contributed by atoms with Crippen molar-refractivity contribution >= 4 is 17.9 Å². The molecule has 0 unspecified atom stereocenters. The van der Waals surface area contributed by atoms with Crippen LogP contribution in [0.15, 0.2) is 97.2 Å². The lowest BCUT2D eigenvalue weighted by Crippen LogP contribution is -2.30. The zero-order valence-corrected chi connectivity index (χ0v) is 40.8. The Labute approximate surface area is 387 Å². The Kier molecular flexibility index (Phi) is 48.0. The minimum Gasteiger partial charge on any atom is -0.462 e. The molecule has 1 atom stereocenters. The van der Waals surface area contributed by atoms with Crippen LogP contribution in [0.5, 0.6) is 0 Å². The van der Waals surface area contributed by atoms with Crippen LogP contribution < -0.4 is 0 Å². The summed E-state index contributed by atoms with van der Waals surface area (Å²) >= 11 is 0. The van der Waals surface area contributed by atoms with Gasteiger partial charge >= 0.3 is 17.9 Å². The van der Waals surface area contributed by atoms with Crippen molar-refractivity contribution in [2.45, 2.75) is 232 Å². The Morgan fingerprint density at radius 3 is 1.05 bits per heavy atom. The SMILES string of the molecule is CC/C=C\C/C=C\C/C=C\C/C=C\CCCCC(=O)O[C@H](COC(=O)CCCCCC/C=C\C/C=C\C/C=C\CCCCC)COC(=O)CCCCCCC/C=C\CCCCCC. The van der Waals surface area contributed by atoms with Gasteiger partial charge in [0.1, 0.15) is 13.2 Å². The van der Waals surface area contributed by atoms with Crippen molar-refractivity contribution in [1.29, 1.82) is 0 Å². The first-order chi connectivity index (χ1) is 31.0. The summed E-state index contributed by atoms with van der Waals surface area (Å²) in [5.41, 5.74) is 0. The van der Waals surface area contributed by atoms with E-state index in [2.05, 4.69) is 118 Å². The lowest BCUT2D eigenvalue weighted by Gasteiger charge is -2.18. The standard InChI is InChI=1S/C57H94O6/c1-4-7-10-13-16-19-22-25-27-28-30-32-35-38-41-44-47-50-56(59)62-53-54(52-61-55(58)49-46-43-40-37-34-31-24-21-18-15-12-9-6-3)63-57(60)51-48-45-42-39-36-33-29-26-23-20-17-14-11-8-5-2/h8,11,16-17,19-21,24-27,29-30,32,36,39,54H,4-7,9-10,12-15,18,22-23,28,31,33-35,37-38,40-53H2,1-3H3/b11-8-,19-16-,20-17-,24-21-,27-25-,29-26-,32-30-,39-36-/t54-/m0/s1. The zero-order chi connectivity index (χ0) is 45.8. The number of hydrogen-bond donors (Lipinski definition) is 0. The molecule has 0 radical (unpaired) electrons. The van der Waals surface area contributed by atoms with E-state index in [0.29, 0.717) is 19.3 Å². The number of carbonyl (C=O) groups is 3. The molecule has 0 aliphatic carbocycles. The van der Waals surface area contributed by atoms with Crippen molar-refractivity contribution in [2.24, 2.45) is 0 Å². The van der Waals surface area contributed by atoms with Gasteiger partial charge < -0.3 is 14.2 Å². The molecule has 6 nitrogen and oxygen atoms in total. The number of esters is 3. The summed E-state index contributed by atoms with van der Waals surface area (Å²) in [7, 11) is 0. The van der Waals surface area contributed by atoms with Crippen molar-refractivity contribution in [3.8, 4) is 0 Å². The third-order valence-electron chi connectivity index (χ3n) is 10.5. The predicted octanol–water partition coefficient (Wildman–Crippen LogP) is 17.0. The smallest absolute Gasteiger partial charge is 0.306 e. The third-order valence-corrected chi connectivity index (χ3v) is 10.5. The molecule has 63 heavy (non-hydrogen) atoms. The van der Waals surface area contributed by atoms with E-state index in [-0.39, 0.29) is 37.5 Å². The highest BCUT2D eigenvalue weighted by Crippen LogP contribution is 2.12. The Bertz CT molecular complexity index is 1280. The topological polar surface area (TPSA) is 78.9 Å². The van der Waals surface area contributed by atoms with Crippen LogP contribution in [0.3, 0.4) is 0 Å². The number of hydrogen-bond acceptors (Lipinski definition) is 6. The van der Waals surface area contributed by atoms with Gasteiger partial charge in [0, 0.05) is 19.3 Å². The predicted molar refractivity (Wildman–Crippen MR) is 270 cm³/mol. The van der Waals surface area contributed by atoms with Gasteiger partial charge in [-0.2, -0.15) is 0 Å². The van der Waals surface area contributed by atoms with Crippen LogP contribution in [0, 0.1) is 0 Å². The van der Waals surface area contributed by atoms with Gasteiger partial charge in [-0.3, -0.25) is 14.4 Å². The molecule has 0 aliphatic rings. The molecule has 0 N–H and O–H groups in total. The van der Waals surface area contributed by atoms with Gasteiger partial charge in [-0.1, -0.05) is 182 Å². The highest BCUT2D eigenvalue weighted by molar-refractivity contribution is 5.71. The van der Waals surface area contributed by atoms with E-state index in [1.165, 1.54) is 64.2 Å². The van der Waals surface area contributed by atoms with Crippen LogP contribution in [0.4, 0.5) is 0 Å². The summed E-state index contributed by atoms with van der Waals surface area (Å²) in [6.07, 6.45) is 66.7. The largest absolute Gasteiger partial charge is 0.462 e. The lowest BCUT2D eigenvalue weighted by molar-refractivity contribution is -0.167. The molecule has 0 aromatic carbocycles. The minimum atomic E-state index is -0.812. The van der Waals surface area contributed by atoms with Gasteiger partial charge in [-0.25, -0.2) is 0 Å². The zero-order valence-electron chi connectivity index (χ0n) is 40.8. The average Bonchev–Trinajstić information content (AvgIpc) is 3.28. The van der Waals surface area contributed by atoms with E-state index < -0.39 is 6.10 Å². The molecule has 0 aliphatic heterocycles. The van der Waals surface area contributed by atoms with Crippen molar-refractivity contribution < 1.29 is 28.6 Å². The van der Waals surface area contributed by atoms with Crippen LogP contribution >= 0.6 is 0 Å². The molecule has 0 rings (SSSR count). The highest BCUT2D eigenvalue weighted by atomic mass is 16.6. The van der Waals surface area contributed by atoms with Crippen LogP contribution in [-0.2, 0) is 28.6 Å². The summed E-state index contributed by atoms with van der Waals surface area (Å²) in [5, 5.41) is 0. The van der Waals surface area contributed by atoms with Crippen LogP contribution in [0.1, 0.15) is 226 Å². The lowest BCUT2D eigenvalue weighted by atomic mass is 10.1. The Morgan fingerprint density at radius 2 is 0.619 bits per heavy atom. The molecule has 0 amide bonds. The van der Waals surface area contributed by atoms with Crippen LogP contribution in [-0.4, -0.2) is 37.2 Å². The Morgan fingerprint density at radius 1 is 0.333 bits per heavy atom. The second kappa shape index (κ2) is 51.0. The van der Waals surface area contributed by atoms with Gasteiger partial charge in [0.05, 0.1) is 0 Å². The first-order valence-corrected chi connectivity index (χ1v) is 25.7. The molecule has 0 aromatic heterocycles. The van der Waals surface area contributed by atoms with E-state index in [4.69, 9.17) is 14.2 Å². The average molecular weight is 875 g/mol. The quantitative estimate of drug-likeness (QED) is 0.0262. The van der Waals surface area contributed by atoms with Crippen LogP contribution in [0.25, 0.3) is 0 Å².